The second-order valence-corrected chi connectivity index (χ2v) is 2.94. The fourth-order valence-electron chi connectivity index (χ4n) is 0.991. The van der Waals surface area contributed by atoms with Gasteiger partial charge in [-0.3, -0.25) is 4.79 Å². The van der Waals surface area contributed by atoms with Gasteiger partial charge in [0.05, 0.1) is 0 Å². The normalized spacial score (nSPS) is 9.00. The van der Waals surface area contributed by atoms with E-state index < -0.39 is 0 Å². The van der Waals surface area contributed by atoms with Crippen LogP contribution in [-0.2, 0) is 0 Å². The fraction of sp³-hybridized carbons (Fsp3) is 0.417. The maximum atomic E-state index is 10.4. The summed E-state index contributed by atoms with van der Waals surface area (Å²) in [5.74, 6) is 0.495. The summed E-state index contributed by atoms with van der Waals surface area (Å²) >= 11 is 0. The molecule has 0 saturated heterocycles. The summed E-state index contributed by atoms with van der Waals surface area (Å²) in [5, 5.41) is 0. The molecule has 0 unspecified atom stereocenters. The summed E-state index contributed by atoms with van der Waals surface area (Å²) in [6.07, 6.45) is 0.881. The largest absolute Gasteiger partial charge is 0.298 e. The zero-order chi connectivity index (χ0) is 10.3. The number of rotatable bonds is 2. The molecule has 0 aliphatic rings. The van der Waals surface area contributed by atoms with Gasteiger partial charge in [0, 0.05) is 5.56 Å². The molecule has 13 heavy (non-hydrogen) atoms. The highest BCUT2D eigenvalue weighted by Gasteiger charge is 1.98. The molecule has 0 aliphatic heterocycles. The van der Waals surface area contributed by atoms with Gasteiger partial charge < -0.3 is 0 Å². The molecule has 0 N–H and O–H groups in total. The molecular weight excluding hydrogens is 160 g/mol. The number of benzene rings is 1. The highest BCUT2D eigenvalue weighted by atomic mass is 16.1. The Morgan fingerprint density at radius 1 is 1.23 bits per heavy atom. The molecule has 1 heteroatoms. The number of carbonyl (C=O) groups excluding carboxylic acids is 1. The molecule has 0 atom stereocenters. The van der Waals surface area contributed by atoms with Crippen molar-refractivity contribution in [2.75, 3.05) is 0 Å². The zero-order valence-electron chi connectivity index (χ0n) is 8.87. The molecule has 0 aromatic heterocycles. The Balaban J connectivity index is 0.000000671. The van der Waals surface area contributed by atoms with Crippen LogP contribution in [0.3, 0.4) is 0 Å². The van der Waals surface area contributed by atoms with Crippen LogP contribution in [-0.4, -0.2) is 6.29 Å². The van der Waals surface area contributed by atoms with Gasteiger partial charge in [0.15, 0.2) is 0 Å². The molecule has 0 heterocycles. The highest BCUT2D eigenvalue weighted by molar-refractivity contribution is 5.74. The molecule has 0 aliphatic carbocycles. The van der Waals surface area contributed by atoms with E-state index in [1.165, 1.54) is 5.56 Å². The lowest BCUT2D eigenvalue weighted by Crippen LogP contribution is -1.88. The SMILES string of the molecule is CC.CC(C)c1cccc(C=O)c1. The molecule has 1 aromatic carbocycles. The molecule has 0 saturated carbocycles. The topological polar surface area (TPSA) is 17.1 Å². The molecule has 0 amide bonds. The Bertz CT molecular complexity index is 251. The van der Waals surface area contributed by atoms with Crippen molar-refractivity contribution in [1.82, 2.24) is 0 Å². The third-order valence-corrected chi connectivity index (χ3v) is 1.71. The first kappa shape index (κ1) is 11.9. The van der Waals surface area contributed by atoms with Crippen molar-refractivity contribution in [1.29, 1.82) is 0 Å². The van der Waals surface area contributed by atoms with Crippen LogP contribution >= 0.6 is 0 Å². The van der Waals surface area contributed by atoms with Gasteiger partial charge in [-0.15, -0.1) is 0 Å². The number of hydrogen-bond donors (Lipinski definition) is 0. The van der Waals surface area contributed by atoms with Crippen LogP contribution in [0.2, 0.25) is 0 Å². The maximum Gasteiger partial charge on any atom is 0.150 e. The van der Waals surface area contributed by atoms with Crippen molar-refractivity contribution in [2.45, 2.75) is 33.6 Å². The molecule has 1 rings (SSSR count). The van der Waals surface area contributed by atoms with E-state index in [1.807, 2.05) is 38.1 Å². The monoisotopic (exact) mass is 178 g/mol. The summed E-state index contributed by atoms with van der Waals surface area (Å²) < 4.78 is 0. The van der Waals surface area contributed by atoms with Gasteiger partial charge in [-0.2, -0.15) is 0 Å². The predicted molar refractivity (Wildman–Crippen MR) is 57.3 cm³/mol. The fourth-order valence-corrected chi connectivity index (χ4v) is 0.991. The lowest BCUT2D eigenvalue weighted by Gasteiger charge is -2.03. The van der Waals surface area contributed by atoms with E-state index in [4.69, 9.17) is 0 Å². The van der Waals surface area contributed by atoms with E-state index in [-0.39, 0.29) is 0 Å². The van der Waals surface area contributed by atoms with E-state index in [2.05, 4.69) is 13.8 Å². The number of aldehydes is 1. The molecule has 0 bridgehead atoms. The average Bonchev–Trinajstić information content (AvgIpc) is 2.21. The van der Waals surface area contributed by atoms with Crippen molar-refractivity contribution < 1.29 is 4.79 Å². The summed E-state index contributed by atoms with van der Waals surface area (Å²) in [4.78, 5) is 10.4. The van der Waals surface area contributed by atoms with Gasteiger partial charge in [0.25, 0.3) is 0 Å². The molecular formula is C12H18O. The molecule has 0 spiro atoms. The third kappa shape index (κ3) is 3.88. The first-order chi connectivity index (χ1) is 6.24. The first-order valence-electron chi connectivity index (χ1n) is 4.79. The lowest BCUT2D eigenvalue weighted by atomic mass is 10.0. The second-order valence-electron chi connectivity index (χ2n) is 2.94. The van der Waals surface area contributed by atoms with Gasteiger partial charge in [-0.25, -0.2) is 0 Å². The molecule has 72 valence electrons. The number of hydrogen-bond acceptors (Lipinski definition) is 1. The van der Waals surface area contributed by atoms with Crippen LogP contribution in [0.15, 0.2) is 24.3 Å². The minimum absolute atomic E-state index is 0.495. The van der Waals surface area contributed by atoms with E-state index >= 15 is 0 Å². The Morgan fingerprint density at radius 2 is 1.85 bits per heavy atom. The quantitative estimate of drug-likeness (QED) is 0.632. The van der Waals surface area contributed by atoms with Crippen LogP contribution in [0.25, 0.3) is 0 Å². The minimum atomic E-state index is 0.495. The smallest absolute Gasteiger partial charge is 0.150 e. The van der Waals surface area contributed by atoms with Gasteiger partial charge in [0.2, 0.25) is 0 Å². The minimum Gasteiger partial charge on any atom is -0.298 e. The molecule has 0 radical (unpaired) electrons. The lowest BCUT2D eigenvalue weighted by molar-refractivity contribution is 0.112. The Hall–Kier alpha value is -1.11. The first-order valence-corrected chi connectivity index (χ1v) is 4.79. The van der Waals surface area contributed by atoms with Gasteiger partial charge in [0.1, 0.15) is 6.29 Å². The average molecular weight is 178 g/mol. The van der Waals surface area contributed by atoms with Crippen molar-refractivity contribution in [3.8, 4) is 0 Å². The number of carbonyl (C=O) groups is 1. The summed E-state index contributed by atoms with van der Waals surface area (Å²) in [6, 6.07) is 7.70. The summed E-state index contributed by atoms with van der Waals surface area (Å²) in [7, 11) is 0. The molecule has 0 fully saturated rings. The Labute approximate surface area is 80.8 Å². The summed E-state index contributed by atoms with van der Waals surface area (Å²) in [5.41, 5.74) is 1.98. The maximum absolute atomic E-state index is 10.4. The van der Waals surface area contributed by atoms with Crippen LogP contribution < -0.4 is 0 Å². The third-order valence-electron chi connectivity index (χ3n) is 1.71. The van der Waals surface area contributed by atoms with Gasteiger partial charge in [-0.05, 0) is 17.5 Å². The molecule has 1 aromatic rings. The van der Waals surface area contributed by atoms with Crippen molar-refractivity contribution in [3.05, 3.63) is 35.4 Å². The molecule has 1 nitrogen and oxygen atoms in total. The second kappa shape index (κ2) is 6.41. The van der Waals surface area contributed by atoms with Crippen LogP contribution in [0.1, 0.15) is 49.5 Å². The van der Waals surface area contributed by atoms with Crippen molar-refractivity contribution >= 4 is 6.29 Å². The van der Waals surface area contributed by atoms with E-state index in [0.717, 1.165) is 11.8 Å². The van der Waals surface area contributed by atoms with Crippen molar-refractivity contribution in [3.63, 3.8) is 0 Å². The van der Waals surface area contributed by atoms with E-state index in [9.17, 15) is 4.79 Å². The van der Waals surface area contributed by atoms with E-state index in [0.29, 0.717) is 5.92 Å². The summed E-state index contributed by atoms with van der Waals surface area (Å²) in [6.45, 7) is 8.23. The standard InChI is InChI=1S/C10H12O.C2H6/c1-8(2)10-5-3-4-9(6-10)7-11;1-2/h3-8H,1-2H3;1-2H3. The van der Waals surface area contributed by atoms with Crippen LogP contribution in [0.4, 0.5) is 0 Å². The Kier molecular flexibility index (Phi) is 5.86. The van der Waals surface area contributed by atoms with E-state index in [1.54, 1.807) is 0 Å². The predicted octanol–water partition coefficient (Wildman–Crippen LogP) is 3.65. The van der Waals surface area contributed by atoms with Crippen LogP contribution in [0.5, 0.6) is 0 Å². The zero-order valence-corrected chi connectivity index (χ0v) is 8.87. The highest BCUT2D eigenvalue weighted by Crippen LogP contribution is 2.14. The van der Waals surface area contributed by atoms with Gasteiger partial charge in [-0.1, -0.05) is 45.9 Å². The Morgan fingerprint density at radius 3 is 2.31 bits per heavy atom. The van der Waals surface area contributed by atoms with Gasteiger partial charge >= 0.3 is 0 Å². The van der Waals surface area contributed by atoms with Crippen LogP contribution in [0, 0.1) is 0 Å². The van der Waals surface area contributed by atoms with Crippen molar-refractivity contribution in [2.24, 2.45) is 0 Å².